The number of nitrogens with one attached hydrogen (secondary N) is 1. The van der Waals surface area contributed by atoms with E-state index in [9.17, 15) is 22.8 Å². The van der Waals surface area contributed by atoms with Gasteiger partial charge in [-0.25, -0.2) is 9.38 Å². The molecule has 3 aromatic heterocycles. The first-order valence-electron chi connectivity index (χ1n) is 7.72. The SMILES string of the molecule is CCNC(=O)c1c(C)sc2nc(Cn3nc(Cl)cc3C(F)(F)F)cc(=O)n12. The zero-order chi connectivity index (χ0) is 19.9. The van der Waals surface area contributed by atoms with Crippen LogP contribution < -0.4 is 10.9 Å². The van der Waals surface area contributed by atoms with Crippen molar-refractivity contribution in [3.05, 3.63) is 49.6 Å². The Morgan fingerprint density at radius 1 is 1.37 bits per heavy atom. The fraction of sp³-hybridized carbons (Fsp3) is 0.333. The lowest BCUT2D eigenvalue weighted by atomic mass is 10.3. The van der Waals surface area contributed by atoms with Crippen LogP contribution in [0.2, 0.25) is 5.15 Å². The molecule has 0 fully saturated rings. The largest absolute Gasteiger partial charge is 0.433 e. The highest BCUT2D eigenvalue weighted by atomic mass is 35.5. The van der Waals surface area contributed by atoms with E-state index in [0.717, 1.165) is 21.8 Å². The third-order valence-corrected chi connectivity index (χ3v) is 4.79. The molecule has 0 bridgehead atoms. The Morgan fingerprint density at radius 3 is 2.70 bits per heavy atom. The van der Waals surface area contributed by atoms with E-state index in [1.54, 1.807) is 13.8 Å². The Labute approximate surface area is 159 Å². The minimum absolute atomic E-state index is 0.0777. The van der Waals surface area contributed by atoms with Crippen molar-refractivity contribution < 1.29 is 18.0 Å². The number of rotatable bonds is 4. The predicted molar refractivity (Wildman–Crippen MR) is 93.4 cm³/mol. The third kappa shape index (κ3) is 3.69. The van der Waals surface area contributed by atoms with Crippen LogP contribution in [0.25, 0.3) is 4.96 Å². The van der Waals surface area contributed by atoms with Crippen LogP contribution in [-0.4, -0.2) is 31.6 Å². The summed E-state index contributed by atoms with van der Waals surface area (Å²) in [7, 11) is 0. The third-order valence-electron chi connectivity index (χ3n) is 3.65. The monoisotopic (exact) mass is 419 g/mol. The zero-order valence-corrected chi connectivity index (χ0v) is 15.7. The summed E-state index contributed by atoms with van der Waals surface area (Å²) >= 11 is 6.69. The van der Waals surface area contributed by atoms with Gasteiger partial charge in [0.15, 0.2) is 10.1 Å². The van der Waals surface area contributed by atoms with E-state index >= 15 is 0 Å². The van der Waals surface area contributed by atoms with E-state index in [1.807, 2.05) is 0 Å². The van der Waals surface area contributed by atoms with Gasteiger partial charge in [0.25, 0.3) is 11.5 Å². The second-order valence-corrected chi connectivity index (χ2v) is 7.15. The van der Waals surface area contributed by atoms with Crippen LogP contribution in [0.15, 0.2) is 16.9 Å². The standard InChI is InChI=1S/C15H13ClF3N5O2S/c1-3-20-13(26)12-7(2)27-14-21-8(4-11(25)24(12)14)6-23-9(15(17,18)19)5-10(16)22-23/h4-5H,3,6H2,1-2H3,(H,20,26). The molecule has 0 saturated carbocycles. The van der Waals surface area contributed by atoms with Gasteiger partial charge in [-0.05, 0) is 13.8 Å². The summed E-state index contributed by atoms with van der Waals surface area (Å²) < 4.78 is 41.0. The first-order valence-corrected chi connectivity index (χ1v) is 8.92. The highest BCUT2D eigenvalue weighted by molar-refractivity contribution is 7.17. The van der Waals surface area contributed by atoms with Crippen LogP contribution in [0.1, 0.15) is 33.7 Å². The van der Waals surface area contributed by atoms with Crippen molar-refractivity contribution in [3.63, 3.8) is 0 Å². The molecule has 1 N–H and O–H groups in total. The molecule has 27 heavy (non-hydrogen) atoms. The Hall–Kier alpha value is -2.40. The van der Waals surface area contributed by atoms with E-state index in [0.29, 0.717) is 22.2 Å². The molecular weight excluding hydrogens is 407 g/mol. The number of thiazole rings is 1. The van der Waals surface area contributed by atoms with E-state index in [1.165, 1.54) is 0 Å². The summed E-state index contributed by atoms with van der Waals surface area (Å²) in [6, 6.07) is 1.78. The molecule has 0 saturated heterocycles. The van der Waals surface area contributed by atoms with Gasteiger partial charge in [-0.3, -0.25) is 14.3 Å². The van der Waals surface area contributed by atoms with Gasteiger partial charge in [-0.1, -0.05) is 11.6 Å². The van der Waals surface area contributed by atoms with Gasteiger partial charge in [0.2, 0.25) is 0 Å². The number of alkyl halides is 3. The van der Waals surface area contributed by atoms with Crippen molar-refractivity contribution >= 4 is 33.8 Å². The summed E-state index contributed by atoms with van der Waals surface area (Å²) in [5, 5.41) is 5.91. The number of hydrogen-bond donors (Lipinski definition) is 1. The van der Waals surface area contributed by atoms with Gasteiger partial charge >= 0.3 is 6.18 Å². The average molecular weight is 420 g/mol. The number of fused-ring (bicyclic) bond motifs is 1. The molecule has 3 aromatic rings. The maximum absolute atomic E-state index is 13.1. The lowest BCUT2D eigenvalue weighted by Crippen LogP contribution is -2.28. The van der Waals surface area contributed by atoms with Gasteiger partial charge in [0.1, 0.15) is 11.4 Å². The number of hydrogen-bond acceptors (Lipinski definition) is 5. The van der Waals surface area contributed by atoms with Crippen molar-refractivity contribution in [3.8, 4) is 0 Å². The van der Waals surface area contributed by atoms with Crippen LogP contribution >= 0.6 is 22.9 Å². The maximum Gasteiger partial charge on any atom is 0.433 e. The minimum Gasteiger partial charge on any atom is -0.351 e. The molecule has 0 aromatic carbocycles. The first kappa shape index (κ1) is 19.4. The van der Waals surface area contributed by atoms with Gasteiger partial charge in [-0.2, -0.15) is 18.3 Å². The number of carbonyl (C=O) groups excluding carboxylic acids is 1. The van der Waals surface area contributed by atoms with Crippen LogP contribution in [0.3, 0.4) is 0 Å². The predicted octanol–water partition coefficient (Wildman–Crippen LogP) is 2.73. The molecule has 0 atom stereocenters. The molecule has 3 rings (SSSR count). The van der Waals surface area contributed by atoms with E-state index < -0.39 is 23.3 Å². The Kier molecular flexibility index (Phi) is 5.00. The Morgan fingerprint density at radius 2 is 2.07 bits per heavy atom. The summed E-state index contributed by atoms with van der Waals surface area (Å²) in [5.41, 5.74) is -1.36. The van der Waals surface area contributed by atoms with Crippen molar-refractivity contribution in [1.29, 1.82) is 0 Å². The van der Waals surface area contributed by atoms with Gasteiger partial charge in [0, 0.05) is 23.6 Å². The Balaban J connectivity index is 2.07. The topological polar surface area (TPSA) is 81.3 Å². The maximum atomic E-state index is 13.1. The van der Waals surface area contributed by atoms with Crippen molar-refractivity contribution in [2.75, 3.05) is 6.54 Å². The lowest BCUT2D eigenvalue weighted by molar-refractivity contribution is -0.144. The summed E-state index contributed by atoms with van der Waals surface area (Å²) in [6.45, 7) is 3.41. The lowest BCUT2D eigenvalue weighted by Gasteiger charge is -2.10. The summed E-state index contributed by atoms with van der Waals surface area (Å²) in [5.74, 6) is -0.420. The molecule has 0 radical (unpaired) electrons. The fourth-order valence-corrected chi connectivity index (χ4v) is 3.78. The zero-order valence-electron chi connectivity index (χ0n) is 14.1. The molecule has 0 spiro atoms. The van der Waals surface area contributed by atoms with Crippen molar-refractivity contribution in [2.45, 2.75) is 26.6 Å². The highest BCUT2D eigenvalue weighted by Gasteiger charge is 2.36. The van der Waals surface area contributed by atoms with E-state index in [2.05, 4.69) is 15.4 Å². The fourth-order valence-electron chi connectivity index (χ4n) is 2.60. The van der Waals surface area contributed by atoms with E-state index in [-0.39, 0.29) is 28.0 Å². The van der Waals surface area contributed by atoms with Crippen LogP contribution in [-0.2, 0) is 12.7 Å². The minimum atomic E-state index is -4.65. The highest BCUT2D eigenvalue weighted by Crippen LogP contribution is 2.31. The molecule has 0 unspecified atom stereocenters. The molecule has 3 heterocycles. The van der Waals surface area contributed by atoms with Crippen LogP contribution in [0.5, 0.6) is 0 Å². The van der Waals surface area contributed by atoms with Gasteiger partial charge < -0.3 is 5.32 Å². The van der Waals surface area contributed by atoms with Crippen molar-refractivity contribution in [2.24, 2.45) is 0 Å². The normalized spacial score (nSPS) is 11.9. The smallest absolute Gasteiger partial charge is 0.351 e. The molecule has 0 aliphatic rings. The number of aryl methyl sites for hydroxylation is 1. The number of nitrogens with zero attached hydrogens (tertiary/aromatic N) is 4. The summed E-state index contributed by atoms with van der Waals surface area (Å²) in [6.07, 6.45) is -4.65. The molecule has 0 aliphatic heterocycles. The number of aromatic nitrogens is 4. The molecule has 12 heteroatoms. The van der Waals surface area contributed by atoms with Crippen molar-refractivity contribution in [1.82, 2.24) is 24.5 Å². The summed E-state index contributed by atoms with van der Waals surface area (Å²) in [4.78, 5) is 29.7. The number of halogens is 4. The molecule has 7 nitrogen and oxygen atoms in total. The average Bonchev–Trinajstić information content (AvgIpc) is 3.07. The Bertz CT molecular complexity index is 1090. The van der Waals surface area contributed by atoms with Gasteiger partial charge in [0.05, 0.1) is 12.2 Å². The van der Waals surface area contributed by atoms with E-state index in [4.69, 9.17) is 11.6 Å². The first-order chi connectivity index (χ1) is 12.6. The molecule has 0 aliphatic carbocycles. The second kappa shape index (κ2) is 6.97. The quantitative estimate of drug-likeness (QED) is 0.705. The molecule has 144 valence electrons. The van der Waals surface area contributed by atoms with Crippen LogP contribution in [0, 0.1) is 6.92 Å². The van der Waals surface area contributed by atoms with Gasteiger partial charge in [-0.15, -0.1) is 11.3 Å². The van der Waals surface area contributed by atoms with Crippen LogP contribution in [0.4, 0.5) is 13.2 Å². The number of amides is 1. The molecule has 1 amide bonds. The number of carbonyl (C=O) groups is 1. The second-order valence-electron chi connectivity index (χ2n) is 5.58. The molecular formula is C15H13ClF3N5O2S.